The van der Waals surface area contributed by atoms with Crippen LogP contribution in [0.25, 0.3) is 0 Å². The number of carbonyl (C=O) groups excluding carboxylic acids is 2. The molecule has 2 rings (SSSR count). The van der Waals surface area contributed by atoms with Crippen LogP contribution in [0.1, 0.15) is 22.2 Å². The van der Waals surface area contributed by atoms with E-state index in [4.69, 9.17) is 4.74 Å². The Morgan fingerprint density at radius 2 is 1.92 bits per heavy atom. The number of rotatable bonds is 8. The van der Waals surface area contributed by atoms with Crippen LogP contribution in [0.3, 0.4) is 0 Å². The second kappa shape index (κ2) is 9.68. The first kappa shape index (κ1) is 20.4. The van der Waals surface area contributed by atoms with Gasteiger partial charge in [-0.15, -0.1) is 11.3 Å². The maximum Gasteiger partial charge on any atom is 0.310 e. The largest absolute Gasteiger partial charge is 0.469 e. The third kappa shape index (κ3) is 5.54. The van der Waals surface area contributed by atoms with E-state index in [-0.39, 0.29) is 28.8 Å². The van der Waals surface area contributed by atoms with Crippen molar-refractivity contribution in [3.63, 3.8) is 0 Å². The van der Waals surface area contributed by atoms with Crippen molar-refractivity contribution in [1.29, 1.82) is 0 Å². The number of amides is 1. The summed E-state index contributed by atoms with van der Waals surface area (Å²) in [5.74, 6) is -3.93. The van der Waals surface area contributed by atoms with Crippen molar-refractivity contribution in [1.82, 2.24) is 4.90 Å². The van der Waals surface area contributed by atoms with Gasteiger partial charge in [-0.2, -0.15) is 8.78 Å². The number of nitrogens with zero attached hydrogens (tertiary/aromatic N) is 1. The van der Waals surface area contributed by atoms with Crippen LogP contribution < -0.4 is 0 Å². The van der Waals surface area contributed by atoms with Crippen LogP contribution in [0.2, 0.25) is 0 Å². The molecule has 1 aromatic carbocycles. The number of alkyl halides is 2. The number of methoxy groups -OCH3 is 1. The first-order valence-electron chi connectivity index (χ1n) is 7.85. The molecule has 0 radical (unpaired) electrons. The molecular formula is C18H19F2NO3S2. The van der Waals surface area contributed by atoms with Gasteiger partial charge in [-0.3, -0.25) is 9.59 Å². The minimum absolute atomic E-state index is 0.136. The molecule has 1 unspecified atom stereocenters. The average Bonchev–Trinajstić information content (AvgIpc) is 3.07. The molecule has 0 N–H and O–H groups in total. The molecule has 4 nitrogen and oxygen atoms in total. The van der Waals surface area contributed by atoms with Crippen LogP contribution >= 0.6 is 23.1 Å². The third-order valence-electron chi connectivity index (χ3n) is 3.64. The molecule has 2 aromatic rings. The van der Waals surface area contributed by atoms with Crippen LogP contribution in [-0.4, -0.2) is 36.2 Å². The molecule has 0 saturated carbocycles. The smallest absolute Gasteiger partial charge is 0.310 e. The highest BCUT2D eigenvalue weighted by molar-refractivity contribution is 7.99. The number of ether oxygens (including phenoxy) is 1. The maximum atomic E-state index is 13.0. The maximum absolute atomic E-state index is 13.0. The first-order valence-corrected chi connectivity index (χ1v) is 9.61. The van der Waals surface area contributed by atoms with Crippen LogP contribution in [0.5, 0.6) is 0 Å². The quantitative estimate of drug-likeness (QED) is 0.484. The van der Waals surface area contributed by atoms with Crippen molar-refractivity contribution in [2.45, 2.75) is 24.1 Å². The summed E-state index contributed by atoms with van der Waals surface area (Å²) >= 11 is 1.47. The van der Waals surface area contributed by atoms with E-state index >= 15 is 0 Å². The summed E-state index contributed by atoms with van der Waals surface area (Å²) in [5, 5.41) is 1.61. The minimum Gasteiger partial charge on any atom is -0.469 e. The second-order valence-corrected chi connectivity index (χ2v) is 7.54. The van der Waals surface area contributed by atoms with Crippen molar-refractivity contribution >= 4 is 35.0 Å². The molecular weight excluding hydrogens is 380 g/mol. The number of halogens is 2. The molecule has 8 heteroatoms. The molecule has 0 aliphatic heterocycles. The Kier molecular flexibility index (Phi) is 7.59. The van der Waals surface area contributed by atoms with Gasteiger partial charge in [0.05, 0.1) is 13.0 Å². The van der Waals surface area contributed by atoms with E-state index in [9.17, 15) is 18.4 Å². The van der Waals surface area contributed by atoms with Crippen molar-refractivity contribution in [3.8, 4) is 0 Å². The molecule has 26 heavy (non-hydrogen) atoms. The standard InChI is InChI=1S/C18H19F2NO3S2/c1-12(17(23)24-2)10-21(11-13-6-4-3-5-7-13)16(22)15-14(8-9-25-15)26-18(19)20/h3-9,12,18H,10-11H2,1-2H3. The Hall–Kier alpha value is -1.93. The lowest BCUT2D eigenvalue weighted by atomic mass is 10.1. The van der Waals surface area contributed by atoms with Crippen LogP contribution in [-0.2, 0) is 16.1 Å². The summed E-state index contributed by atoms with van der Waals surface area (Å²) in [6, 6.07) is 10.8. The fraction of sp³-hybridized carbons (Fsp3) is 0.333. The Morgan fingerprint density at radius 3 is 2.54 bits per heavy atom. The number of esters is 1. The van der Waals surface area contributed by atoms with Gasteiger partial charge >= 0.3 is 5.97 Å². The van der Waals surface area contributed by atoms with Crippen LogP contribution in [0, 0.1) is 5.92 Å². The van der Waals surface area contributed by atoms with Gasteiger partial charge in [0.1, 0.15) is 4.88 Å². The van der Waals surface area contributed by atoms with E-state index in [1.165, 1.54) is 18.1 Å². The highest BCUT2D eigenvalue weighted by Gasteiger charge is 2.26. The van der Waals surface area contributed by atoms with E-state index in [1.807, 2.05) is 30.3 Å². The second-order valence-electron chi connectivity index (χ2n) is 5.59. The molecule has 1 atom stereocenters. The number of thioether (sulfide) groups is 1. The predicted molar refractivity (Wildman–Crippen MR) is 98.5 cm³/mol. The molecule has 1 amide bonds. The van der Waals surface area contributed by atoms with Gasteiger partial charge in [0, 0.05) is 18.0 Å². The van der Waals surface area contributed by atoms with Crippen LogP contribution in [0.15, 0.2) is 46.7 Å². The highest BCUT2D eigenvalue weighted by atomic mass is 32.2. The molecule has 0 bridgehead atoms. The van der Waals surface area contributed by atoms with Crippen molar-refractivity contribution in [2.75, 3.05) is 13.7 Å². The Labute approximate surface area is 159 Å². The summed E-state index contributed by atoms with van der Waals surface area (Å²) in [4.78, 5) is 26.7. The topological polar surface area (TPSA) is 46.6 Å². The van der Waals surface area contributed by atoms with Crippen molar-refractivity contribution in [2.24, 2.45) is 5.92 Å². The zero-order valence-electron chi connectivity index (χ0n) is 14.4. The summed E-state index contributed by atoms with van der Waals surface area (Å²) < 4.78 is 30.2. The average molecular weight is 399 g/mol. The zero-order chi connectivity index (χ0) is 19.1. The molecule has 140 valence electrons. The molecule has 0 spiro atoms. The monoisotopic (exact) mass is 399 g/mol. The summed E-state index contributed by atoms with van der Waals surface area (Å²) in [6.07, 6.45) is 0. The summed E-state index contributed by atoms with van der Waals surface area (Å²) in [6.45, 7) is 2.08. The van der Waals surface area contributed by atoms with Gasteiger partial charge in [-0.25, -0.2) is 0 Å². The Balaban J connectivity index is 2.25. The van der Waals surface area contributed by atoms with Crippen LogP contribution in [0.4, 0.5) is 8.78 Å². The third-order valence-corrected chi connectivity index (χ3v) is 5.44. The van der Waals surface area contributed by atoms with E-state index < -0.39 is 17.6 Å². The number of hydrogen-bond donors (Lipinski definition) is 0. The van der Waals surface area contributed by atoms with Gasteiger partial charge in [0.15, 0.2) is 0 Å². The predicted octanol–water partition coefficient (Wildman–Crippen LogP) is 4.51. The molecule has 0 aliphatic carbocycles. The van der Waals surface area contributed by atoms with E-state index in [1.54, 1.807) is 12.3 Å². The van der Waals surface area contributed by atoms with Gasteiger partial charge in [0.2, 0.25) is 0 Å². The Morgan fingerprint density at radius 1 is 1.23 bits per heavy atom. The van der Waals surface area contributed by atoms with Gasteiger partial charge < -0.3 is 9.64 Å². The lowest BCUT2D eigenvalue weighted by molar-refractivity contribution is -0.145. The normalized spacial score (nSPS) is 12.0. The van der Waals surface area contributed by atoms with E-state index in [0.717, 1.165) is 16.9 Å². The SMILES string of the molecule is COC(=O)C(C)CN(Cc1ccccc1)C(=O)c1sccc1SC(F)F. The lowest BCUT2D eigenvalue weighted by Gasteiger charge is -2.25. The molecule has 0 saturated heterocycles. The number of hydrogen-bond acceptors (Lipinski definition) is 5. The zero-order valence-corrected chi connectivity index (χ0v) is 16.0. The van der Waals surface area contributed by atoms with Gasteiger partial charge in [0.25, 0.3) is 11.7 Å². The molecule has 0 aliphatic rings. The molecule has 0 fully saturated rings. The number of benzene rings is 1. The first-order chi connectivity index (χ1) is 12.4. The van der Waals surface area contributed by atoms with Crippen molar-refractivity contribution in [3.05, 3.63) is 52.2 Å². The highest BCUT2D eigenvalue weighted by Crippen LogP contribution is 2.33. The van der Waals surface area contributed by atoms with E-state index in [2.05, 4.69) is 0 Å². The number of thiophene rings is 1. The lowest BCUT2D eigenvalue weighted by Crippen LogP contribution is -2.36. The number of carbonyl (C=O) groups is 2. The minimum atomic E-state index is -2.60. The van der Waals surface area contributed by atoms with Gasteiger partial charge in [-0.05, 0) is 17.0 Å². The molecule has 1 aromatic heterocycles. The van der Waals surface area contributed by atoms with Gasteiger partial charge in [-0.1, -0.05) is 49.0 Å². The fourth-order valence-electron chi connectivity index (χ4n) is 2.42. The Bertz CT molecular complexity index is 737. The van der Waals surface area contributed by atoms with Crippen molar-refractivity contribution < 1.29 is 23.1 Å². The van der Waals surface area contributed by atoms with E-state index in [0.29, 0.717) is 11.8 Å². The fourth-order valence-corrected chi connectivity index (χ4v) is 4.08. The summed E-state index contributed by atoms with van der Waals surface area (Å²) in [5.41, 5.74) is 0.887. The summed E-state index contributed by atoms with van der Waals surface area (Å²) in [7, 11) is 1.29. The molecule has 1 heterocycles.